The van der Waals surface area contributed by atoms with E-state index in [0.29, 0.717) is 0 Å². The van der Waals surface area contributed by atoms with Gasteiger partial charge in [0.25, 0.3) is 0 Å². The Kier molecular flexibility index (Phi) is 6.48. The maximum absolute atomic E-state index is 3.05. The van der Waals surface area contributed by atoms with Gasteiger partial charge in [-0.25, -0.2) is 0 Å². The zero-order valence-electron chi connectivity index (χ0n) is 9.92. The van der Waals surface area contributed by atoms with Crippen LogP contribution >= 0.6 is 21.6 Å². The molecule has 0 radical (unpaired) electrons. The lowest BCUT2D eigenvalue weighted by molar-refractivity contribution is 0.573. The fourth-order valence-electron chi connectivity index (χ4n) is 1.95. The van der Waals surface area contributed by atoms with E-state index in [0.717, 1.165) is 6.42 Å². The minimum absolute atomic E-state index is 0. The van der Waals surface area contributed by atoms with Crippen LogP contribution in [0.15, 0.2) is 24.3 Å². The predicted molar refractivity (Wildman–Crippen MR) is 75.0 cm³/mol. The van der Waals surface area contributed by atoms with Crippen molar-refractivity contribution in [1.82, 2.24) is 0 Å². The molecule has 0 saturated carbocycles. The summed E-state index contributed by atoms with van der Waals surface area (Å²) in [5, 5.41) is 0.284. The highest BCUT2D eigenvalue weighted by molar-refractivity contribution is 7.18. The third-order valence-corrected chi connectivity index (χ3v) is 4.32. The van der Waals surface area contributed by atoms with Crippen LogP contribution in [0.3, 0.4) is 0 Å². The molecule has 15 heavy (non-hydrogen) atoms. The summed E-state index contributed by atoms with van der Waals surface area (Å²) in [7, 11) is 3.05. The molecule has 0 aromatic heterocycles. The van der Waals surface area contributed by atoms with Gasteiger partial charge < -0.3 is 0 Å². The molecule has 2 heteroatoms. The molecule has 0 heterocycles. The summed E-state index contributed by atoms with van der Waals surface area (Å²) in [6.45, 7) is 6.76. The molecule has 0 amide bonds. The molecular formula is C13H22ClP. The maximum Gasteiger partial charge on any atom is 0.00950 e. The van der Waals surface area contributed by atoms with Crippen molar-refractivity contribution in [3.63, 3.8) is 0 Å². The Morgan fingerprint density at radius 3 is 2.07 bits per heavy atom. The minimum atomic E-state index is 0. The lowest BCUT2D eigenvalue weighted by Crippen LogP contribution is -2.17. The first-order valence-electron chi connectivity index (χ1n) is 5.55. The largest absolute Gasteiger partial charge is 0.147 e. The molecule has 1 aromatic carbocycles. The van der Waals surface area contributed by atoms with Crippen molar-refractivity contribution < 1.29 is 0 Å². The number of halogens is 1. The van der Waals surface area contributed by atoms with Crippen LogP contribution in [-0.4, -0.2) is 0 Å². The SMILES string of the molecule is CCc1ccccc1C(P)(CC)CC.Cl. The predicted octanol–water partition coefficient (Wildman–Crippen LogP) is 4.56. The molecular weight excluding hydrogens is 223 g/mol. The second kappa shape index (κ2) is 6.51. The van der Waals surface area contributed by atoms with Crippen LogP contribution in [0.25, 0.3) is 0 Å². The number of hydrogen-bond donors (Lipinski definition) is 0. The van der Waals surface area contributed by atoms with E-state index in [-0.39, 0.29) is 17.6 Å². The molecule has 0 spiro atoms. The van der Waals surface area contributed by atoms with Gasteiger partial charge >= 0.3 is 0 Å². The van der Waals surface area contributed by atoms with Crippen molar-refractivity contribution in [2.45, 2.75) is 45.2 Å². The van der Waals surface area contributed by atoms with E-state index in [1.807, 2.05) is 0 Å². The quantitative estimate of drug-likeness (QED) is 0.681. The summed E-state index contributed by atoms with van der Waals surface area (Å²) in [5.74, 6) is 0. The van der Waals surface area contributed by atoms with Gasteiger partial charge in [0.1, 0.15) is 0 Å². The highest BCUT2D eigenvalue weighted by Crippen LogP contribution is 2.40. The Hall–Kier alpha value is -0.0600. The zero-order chi connectivity index (χ0) is 10.6. The highest BCUT2D eigenvalue weighted by atomic mass is 35.5. The Morgan fingerprint density at radius 2 is 1.60 bits per heavy atom. The lowest BCUT2D eigenvalue weighted by Gasteiger charge is -2.29. The molecule has 0 aliphatic heterocycles. The Morgan fingerprint density at radius 1 is 1.07 bits per heavy atom. The molecule has 0 saturated heterocycles. The molecule has 0 aliphatic carbocycles. The summed E-state index contributed by atoms with van der Waals surface area (Å²) >= 11 is 0. The van der Waals surface area contributed by atoms with Crippen molar-refractivity contribution >= 4 is 21.6 Å². The molecule has 0 aliphatic rings. The smallest absolute Gasteiger partial charge is 0.00950 e. The first kappa shape index (κ1) is 14.9. The number of aryl methyl sites for hydroxylation is 1. The summed E-state index contributed by atoms with van der Waals surface area (Å²) < 4.78 is 0. The van der Waals surface area contributed by atoms with Gasteiger partial charge in [0.15, 0.2) is 0 Å². The molecule has 1 atom stereocenters. The van der Waals surface area contributed by atoms with E-state index in [2.05, 4.69) is 54.3 Å². The monoisotopic (exact) mass is 244 g/mol. The Bertz CT molecular complexity index is 292. The number of hydrogen-bond acceptors (Lipinski definition) is 0. The first-order chi connectivity index (χ1) is 6.68. The zero-order valence-corrected chi connectivity index (χ0v) is 11.9. The lowest BCUT2D eigenvalue weighted by atomic mass is 9.88. The van der Waals surface area contributed by atoms with E-state index in [1.54, 1.807) is 0 Å². The van der Waals surface area contributed by atoms with Crippen molar-refractivity contribution in [2.24, 2.45) is 0 Å². The van der Waals surface area contributed by atoms with Crippen molar-refractivity contribution in [2.75, 3.05) is 0 Å². The third kappa shape index (κ3) is 3.20. The average molecular weight is 245 g/mol. The van der Waals surface area contributed by atoms with Gasteiger partial charge in [-0.05, 0) is 30.4 Å². The normalized spacial score (nSPS) is 10.9. The Balaban J connectivity index is 0.00000196. The van der Waals surface area contributed by atoms with Gasteiger partial charge in [0, 0.05) is 5.16 Å². The van der Waals surface area contributed by atoms with Crippen LogP contribution in [0.4, 0.5) is 0 Å². The fourth-order valence-corrected chi connectivity index (χ4v) is 2.23. The van der Waals surface area contributed by atoms with E-state index in [4.69, 9.17) is 0 Å². The van der Waals surface area contributed by atoms with Crippen LogP contribution in [0.2, 0.25) is 0 Å². The molecule has 1 aromatic rings. The second-order valence-electron chi connectivity index (χ2n) is 3.87. The van der Waals surface area contributed by atoms with Gasteiger partial charge in [-0.1, -0.05) is 45.0 Å². The fraction of sp³-hybridized carbons (Fsp3) is 0.538. The van der Waals surface area contributed by atoms with Crippen molar-refractivity contribution in [1.29, 1.82) is 0 Å². The molecule has 0 bridgehead atoms. The molecule has 0 N–H and O–H groups in total. The van der Waals surface area contributed by atoms with Crippen molar-refractivity contribution in [3.8, 4) is 0 Å². The van der Waals surface area contributed by atoms with Crippen molar-refractivity contribution in [3.05, 3.63) is 35.4 Å². The maximum atomic E-state index is 3.05. The number of benzene rings is 1. The van der Waals surface area contributed by atoms with Crippen LogP contribution in [-0.2, 0) is 11.6 Å². The van der Waals surface area contributed by atoms with E-state index < -0.39 is 0 Å². The third-order valence-electron chi connectivity index (χ3n) is 3.20. The molecule has 0 nitrogen and oxygen atoms in total. The summed E-state index contributed by atoms with van der Waals surface area (Å²) in [6.07, 6.45) is 3.50. The van der Waals surface area contributed by atoms with Gasteiger partial charge in [-0.3, -0.25) is 0 Å². The van der Waals surface area contributed by atoms with E-state index >= 15 is 0 Å². The van der Waals surface area contributed by atoms with Gasteiger partial charge in [0.05, 0.1) is 0 Å². The summed E-state index contributed by atoms with van der Waals surface area (Å²) in [4.78, 5) is 0. The summed E-state index contributed by atoms with van der Waals surface area (Å²) in [5.41, 5.74) is 3.00. The molecule has 1 rings (SSSR count). The molecule has 1 unspecified atom stereocenters. The first-order valence-corrected chi connectivity index (χ1v) is 6.13. The van der Waals surface area contributed by atoms with Crippen LogP contribution in [0, 0.1) is 0 Å². The van der Waals surface area contributed by atoms with Gasteiger partial charge in [0.2, 0.25) is 0 Å². The van der Waals surface area contributed by atoms with Gasteiger partial charge in [-0.15, -0.1) is 21.6 Å². The topological polar surface area (TPSA) is 0 Å². The average Bonchev–Trinajstić information content (AvgIpc) is 2.28. The standard InChI is InChI=1S/C13H21P.ClH/c1-4-11-9-7-8-10-12(11)13(14,5-2)6-3;/h7-10H,4-6,14H2,1-3H3;1H. The molecule has 0 fully saturated rings. The molecule has 86 valence electrons. The minimum Gasteiger partial charge on any atom is -0.147 e. The highest BCUT2D eigenvalue weighted by Gasteiger charge is 2.24. The number of rotatable bonds is 4. The van der Waals surface area contributed by atoms with Crippen LogP contribution in [0.1, 0.15) is 44.7 Å². The van der Waals surface area contributed by atoms with Crippen LogP contribution in [0.5, 0.6) is 0 Å². The van der Waals surface area contributed by atoms with Crippen LogP contribution < -0.4 is 0 Å². The summed E-state index contributed by atoms with van der Waals surface area (Å²) in [6, 6.07) is 8.82. The Labute approximate surface area is 102 Å². The van der Waals surface area contributed by atoms with E-state index in [9.17, 15) is 0 Å². The van der Waals surface area contributed by atoms with E-state index in [1.165, 1.54) is 24.0 Å². The second-order valence-corrected chi connectivity index (χ2v) is 4.98. The van der Waals surface area contributed by atoms with Gasteiger partial charge in [-0.2, -0.15) is 0 Å².